The summed E-state index contributed by atoms with van der Waals surface area (Å²) in [5.74, 6) is -1.18. The van der Waals surface area contributed by atoms with Crippen molar-refractivity contribution in [1.29, 1.82) is 0 Å². The lowest BCUT2D eigenvalue weighted by atomic mass is 10.0. The molecule has 2 aliphatic heterocycles. The predicted molar refractivity (Wildman–Crippen MR) is 54.9 cm³/mol. The molecular weight excluding hydrogens is 212 g/mol. The van der Waals surface area contributed by atoms with Gasteiger partial charge in [0.1, 0.15) is 6.04 Å². The number of carboxylic acid groups (broad SMARTS) is 1. The molecule has 90 valence electrons. The molecule has 2 N–H and O–H groups in total. The first-order chi connectivity index (χ1) is 7.70. The second kappa shape index (κ2) is 4.80. The van der Waals surface area contributed by atoms with Gasteiger partial charge in [-0.25, -0.2) is 4.79 Å². The molecule has 0 aromatic heterocycles. The first-order valence-electron chi connectivity index (χ1n) is 5.52. The highest BCUT2D eigenvalue weighted by Gasteiger charge is 2.36. The van der Waals surface area contributed by atoms with Crippen molar-refractivity contribution in [2.24, 2.45) is 5.92 Å². The summed E-state index contributed by atoms with van der Waals surface area (Å²) in [4.78, 5) is 24.6. The molecule has 2 fully saturated rings. The van der Waals surface area contributed by atoms with Gasteiger partial charge in [0, 0.05) is 26.2 Å². The van der Waals surface area contributed by atoms with Crippen molar-refractivity contribution in [3.63, 3.8) is 0 Å². The fourth-order valence-electron chi connectivity index (χ4n) is 2.15. The average Bonchev–Trinajstić information content (AvgIpc) is 2.81. The Morgan fingerprint density at radius 3 is 2.88 bits per heavy atom. The molecule has 2 rings (SSSR count). The molecule has 16 heavy (non-hydrogen) atoms. The quantitative estimate of drug-likeness (QED) is 0.627. The summed E-state index contributed by atoms with van der Waals surface area (Å²) in [6.07, 6.45) is 0.703. The van der Waals surface area contributed by atoms with Crippen LogP contribution < -0.4 is 5.32 Å². The van der Waals surface area contributed by atoms with E-state index in [2.05, 4.69) is 5.32 Å². The minimum absolute atomic E-state index is 0.0774. The maximum Gasteiger partial charge on any atom is 0.327 e. The third kappa shape index (κ3) is 2.17. The fourth-order valence-corrected chi connectivity index (χ4v) is 2.15. The second-order valence-corrected chi connectivity index (χ2v) is 4.15. The largest absolute Gasteiger partial charge is 0.480 e. The lowest BCUT2D eigenvalue weighted by molar-refractivity contribution is -0.153. The number of rotatable bonds is 2. The SMILES string of the molecule is O=C(O)C1CNCCN1C(=O)C1CCOC1. The van der Waals surface area contributed by atoms with Crippen LogP contribution >= 0.6 is 0 Å². The smallest absolute Gasteiger partial charge is 0.327 e. The van der Waals surface area contributed by atoms with Gasteiger partial charge in [-0.15, -0.1) is 0 Å². The second-order valence-electron chi connectivity index (χ2n) is 4.15. The standard InChI is InChI=1S/C10H16N2O4/c13-9(7-1-4-16-6-7)12-3-2-11-5-8(12)10(14)15/h7-8,11H,1-6H2,(H,14,15). The number of carbonyl (C=O) groups excluding carboxylic acids is 1. The van der Waals surface area contributed by atoms with Crippen LogP contribution in [0.25, 0.3) is 0 Å². The van der Waals surface area contributed by atoms with Crippen molar-refractivity contribution >= 4 is 11.9 Å². The number of nitrogens with zero attached hydrogens (tertiary/aromatic N) is 1. The zero-order chi connectivity index (χ0) is 11.5. The molecule has 2 unspecified atom stereocenters. The Hall–Kier alpha value is -1.14. The number of ether oxygens (including phenoxy) is 1. The minimum Gasteiger partial charge on any atom is -0.480 e. The van der Waals surface area contributed by atoms with E-state index in [1.165, 1.54) is 4.90 Å². The predicted octanol–water partition coefficient (Wildman–Crippen LogP) is -1.09. The number of amides is 1. The van der Waals surface area contributed by atoms with E-state index in [0.717, 1.165) is 0 Å². The van der Waals surface area contributed by atoms with Crippen LogP contribution in [-0.4, -0.2) is 60.8 Å². The topological polar surface area (TPSA) is 78.9 Å². The van der Waals surface area contributed by atoms with Gasteiger partial charge in [0.15, 0.2) is 0 Å². The van der Waals surface area contributed by atoms with E-state index in [1.54, 1.807) is 0 Å². The molecule has 2 saturated heterocycles. The van der Waals surface area contributed by atoms with E-state index < -0.39 is 12.0 Å². The van der Waals surface area contributed by atoms with E-state index in [0.29, 0.717) is 39.3 Å². The molecule has 2 aliphatic rings. The Bertz CT molecular complexity index is 289. The minimum atomic E-state index is -0.945. The van der Waals surface area contributed by atoms with Crippen LogP contribution in [0.3, 0.4) is 0 Å². The van der Waals surface area contributed by atoms with Gasteiger partial charge in [-0.05, 0) is 6.42 Å². The molecule has 0 bridgehead atoms. The van der Waals surface area contributed by atoms with Crippen LogP contribution in [-0.2, 0) is 14.3 Å². The zero-order valence-corrected chi connectivity index (χ0v) is 9.02. The molecule has 0 saturated carbocycles. The van der Waals surface area contributed by atoms with E-state index in [1.807, 2.05) is 0 Å². The van der Waals surface area contributed by atoms with Crippen molar-refractivity contribution in [1.82, 2.24) is 10.2 Å². The normalized spacial score (nSPS) is 30.4. The van der Waals surface area contributed by atoms with Gasteiger partial charge < -0.3 is 20.1 Å². The van der Waals surface area contributed by atoms with Gasteiger partial charge >= 0.3 is 5.97 Å². The first-order valence-corrected chi connectivity index (χ1v) is 5.52. The van der Waals surface area contributed by atoms with E-state index in [-0.39, 0.29) is 11.8 Å². The van der Waals surface area contributed by atoms with Crippen molar-refractivity contribution in [2.75, 3.05) is 32.8 Å². The highest BCUT2D eigenvalue weighted by molar-refractivity contribution is 5.85. The summed E-state index contributed by atoms with van der Waals surface area (Å²) in [5.41, 5.74) is 0. The molecule has 2 atom stereocenters. The van der Waals surface area contributed by atoms with Gasteiger partial charge in [-0.2, -0.15) is 0 Å². The summed E-state index contributed by atoms with van der Waals surface area (Å²) in [6, 6.07) is -0.734. The van der Waals surface area contributed by atoms with Gasteiger partial charge in [-0.3, -0.25) is 4.79 Å². The molecule has 0 aromatic carbocycles. The van der Waals surface area contributed by atoms with Gasteiger partial charge in [0.2, 0.25) is 5.91 Å². The summed E-state index contributed by atoms with van der Waals surface area (Å²) in [6.45, 7) is 2.47. The first kappa shape index (κ1) is 11.3. The molecular formula is C10H16N2O4. The highest BCUT2D eigenvalue weighted by Crippen LogP contribution is 2.18. The Morgan fingerprint density at radius 2 is 2.25 bits per heavy atom. The number of hydrogen-bond acceptors (Lipinski definition) is 4. The molecule has 0 aliphatic carbocycles. The Kier molecular flexibility index (Phi) is 3.40. The Balaban J connectivity index is 2.04. The summed E-state index contributed by atoms with van der Waals surface area (Å²) >= 11 is 0. The summed E-state index contributed by atoms with van der Waals surface area (Å²) < 4.78 is 5.15. The number of nitrogens with one attached hydrogen (secondary N) is 1. The Morgan fingerprint density at radius 1 is 1.44 bits per heavy atom. The van der Waals surface area contributed by atoms with Crippen LogP contribution in [0.15, 0.2) is 0 Å². The maximum absolute atomic E-state index is 12.1. The van der Waals surface area contributed by atoms with Crippen molar-refractivity contribution in [3.8, 4) is 0 Å². The monoisotopic (exact) mass is 228 g/mol. The zero-order valence-electron chi connectivity index (χ0n) is 9.02. The van der Waals surface area contributed by atoms with Crippen LogP contribution in [0.1, 0.15) is 6.42 Å². The molecule has 0 radical (unpaired) electrons. The van der Waals surface area contributed by atoms with Crippen molar-refractivity contribution in [3.05, 3.63) is 0 Å². The average molecular weight is 228 g/mol. The molecule has 1 amide bonds. The van der Waals surface area contributed by atoms with E-state index >= 15 is 0 Å². The summed E-state index contributed by atoms with van der Waals surface area (Å²) in [7, 11) is 0. The third-order valence-corrected chi connectivity index (χ3v) is 3.09. The number of aliphatic carboxylic acids is 1. The fraction of sp³-hybridized carbons (Fsp3) is 0.800. The molecule has 0 spiro atoms. The Labute approximate surface area is 93.6 Å². The van der Waals surface area contributed by atoms with Crippen LogP contribution in [0.5, 0.6) is 0 Å². The molecule has 0 aromatic rings. The van der Waals surface area contributed by atoms with Crippen molar-refractivity contribution < 1.29 is 19.4 Å². The van der Waals surface area contributed by atoms with Gasteiger partial charge in [0.05, 0.1) is 12.5 Å². The van der Waals surface area contributed by atoms with Crippen LogP contribution in [0.2, 0.25) is 0 Å². The van der Waals surface area contributed by atoms with Crippen LogP contribution in [0.4, 0.5) is 0 Å². The molecule has 6 heteroatoms. The van der Waals surface area contributed by atoms with Gasteiger partial charge in [-0.1, -0.05) is 0 Å². The maximum atomic E-state index is 12.1. The highest BCUT2D eigenvalue weighted by atomic mass is 16.5. The molecule has 2 heterocycles. The number of piperazine rings is 1. The van der Waals surface area contributed by atoms with E-state index in [4.69, 9.17) is 9.84 Å². The number of carbonyl (C=O) groups is 2. The van der Waals surface area contributed by atoms with Crippen molar-refractivity contribution in [2.45, 2.75) is 12.5 Å². The van der Waals surface area contributed by atoms with Crippen LogP contribution in [0, 0.1) is 5.92 Å². The summed E-state index contributed by atoms with van der Waals surface area (Å²) in [5, 5.41) is 12.0. The van der Waals surface area contributed by atoms with Gasteiger partial charge in [0.25, 0.3) is 0 Å². The lowest BCUT2D eigenvalue weighted by Crippen LogP contribution is -2.58. The third-order valence-electron chi connectivity index (χ3n) is 3.09. The van der Waals surface area contributed by atoms with E-state index in [9.17, 15) is 9.59 Å². The molecule has 6 nitrogen and oxygen atoms in total. The number of hydrogen-bond donors (Lipinski definition) is 2. The number of carboxylic acids is 1. The lowest BCUT2D eigenvalue weighted by Gasteiger charge is -2.34.